The molecule has 136 valence electrons. The second-order valence-electron chi connectivity index (χ2n) is 6.64. The molecule has 2 amide bonds. The molecule has 5 nitrogen and oxygen atoms in total. The highest BCUT2D eigenvalue weighted by Gasteiger charge is 2.38. The van der Waals surface area contributed by atoms with Gasteiger partial charge < -0.3 is 10.2 Å². The number of hydrogen-bond donors (Lipinski definition) is 1. The molecule has 1 heterocycles. The topological polar surface area (TPSA) is 62.3 Å². The zero-order valence-corrected chi connectivity index (χ0v) is 15.4. The standard InChI is InChI=1S/C20H22ClN3O2/c1-14-12-18(14)20(26)23-11-9-19(25)24(13-16-4-2-3-10-22-16)17-7-5-15(21)6-8-17/h2-8,10,14,18H,9,11-13H2,1H3,(H,23,26)/t14-,18+/m0/s1. The highest BCUT2D eigenvalue weighted by Crippen LogP contribution is 2.37. The first-order valence-electron chi connectivity index (χ1n) is 8.78. The van der Waals surface area contributed by atoms with Crippen molar-refractivity contribution in [3.8, 4) is 0 Å². The van der Waals surface area contributed by atoms with Gasteiger partial charge in [-0.2, -0.15) is 0 Å². The average molecular weight is 372 g/mol. The third-order valence-corrected chi connectivity index (χ3v) is 4.82. The fraction of sp³-hybridized carbons (Fsp3) is 0.350. The van der Waals surface area contributed by atoms with Crippen molar-refractivity contribution in [1.82, 2.24) is 10.3 Å². The van der Waals surface area contributed by atoms with Crippen molar-refractivity contribution in [2.75, 3.05) is 11.4 Å². The van der Waals surface area contributed by atoms with E-state index in [1.165, 1.54) is 0 Å². The number of pyridine rings is 1. The number of nitrogens with zero attached hydrogens (tertiary/aromatic N) is 2. The molecule has 2 aromatic rings. The predicted molar refractivity (Wildman–Crippen MR) is 102 cm³/mol. The van der Waals surface area contributed by atoms with Gasteiger partial charge in [0.15, 0.2) is 0 Å². The van der Waals surface area contributed by atoms with Crippen LogP contribution in [0.5, 0.6) is 0 Å². The van der Waals surface area contributed by atoms with Crippen molar-refractivity contribution < 1.29 is 9.59 Å². The summed E-state index contributed by atoms with van der Waals surface area (Å²) in [7, 11) is 0. The maximum absolute atomic E-state index is 12.8. The van der Waals surface area contributed by atoms with E-state index in [-0.39, 0.29) is 24.2 Å². The van der Waals surface area contributed by atoms with Crippen molar-refractivity contribution in [2.45, 2.75) is 26.3 Å². The smallest absolute Gasteiger partial charge is 0.229 e. The molecule has 1 aromatic heterocycles. The number of benzene rings is 1. The van der Waals surface area contributed by atoms with E-state index >= 15 is 0 Å². The Morgan fingerprint density at radius 3 is 2.58 bits per heavy atom. The van der Waals surface area contributed by atoms with Crippen LogP contribution in [0.4, 0.5) is 5.69 Å². The third kappa shape index (κ3) is 4.82. The SMILES string of the molecule is C[C@H]1C[C@H]1C(=O)NCCC(=O)N(Cc1ccccn1)c1ccc(Cl)cc1. The van der Waals surface area contributed by atoms with Crippen LogP contribution in [-0.4, -0.2) is 23.3 Å². The molecule has 3 rings (SSSR count). The molecule has 0 radical (unpaired) electrons. The molecule has 0 spiro atoms. The molecule has 6 heteroatoms. The lowest BCUT2D eigenvalue weighted by atomic mass is 10.2. The van der Waals surface area contributed by atoms with E-state index in [4.69, 9.17) is 11.6 Å². The first kappa shape index (κ1) is 18.4. The van der Waals surface area contributed by atoms with Crippen molar-refractivity contribution in [1.29, 1.82) is 0 Å². The van der Waals surface area contributed by atoms with Gasteiger partial charge in [0.25, 0.3) is 0 Å². The Balaban J connectivity index is 1.64. The quantitative estimate of drug-likeness (QED) is 0.811. The molecule has 1 saturated carbocycles. The number of carbonyl (C=O) groups is 2. The lowest BCUT2D eigenvalue weighted by Crippen LogP contribution is -2.35. The van der Waals surface area contributed by atoms with Crippen molar-refractivity contribution in [3.05, 3.63) is 59.4 Å². The Kier molecular flexibility index (Phi) is 5.89. The number of hydrogen-bond acceptors (Lipinski definition) is 3. The van der Waals surface area contributed by atoms with Gasteiger partial charge in [-0.1, -0.05) is 24.6 Å². The van der Waals surface area contributed by atoms with Crippen molar-refractivity contribution in [3.63, 3.8) is 0 Å². The average Bonchev–Trinajstić information content (AvgIpc) is 3.38. The minimum Gasteiger partial charge on any atom is -0.355 e. The molecule has 1 aliphatic carbocycles. The summed E-state index contributed by atoms with van der Waals surface area (Å²) < 4.78 is 0. The molecule has 1 aliphatic rings. The Bertz CT molecular complexity index is 764. The van der Waals surface area contributed by atoms with Gasteiger partial charge in [0, 0.05) is 35.8 Å². The second-order valence-corrected chi connectivity index (χ2v) is 7.07. The third-order valence-electron chi connectivity index (χ3n) is 4.57. The molecular formula is C20H22ClN3O2. The number of halogens is 1. The monoisotopic (exact) mass is 371 g/mol. The van der Waals surface area contributed by atoms with Gasteiger partial charge in [0.05, 0.1) is 12.2 Å². The molecule has 0 aliphatic heterocycles. The largest absolute Gasteiger partial charge is 0.355 e. The maximum atomic E-state index is 12.8. The number of carbonyl (C=O) groups excluding carboxylic acids is 2. The van der Waals surface area contributed by atoms with E-state index in [1.54, 1.807) is 23.2 Å². The van der Waals surface area contributed by atoms with Crippen LogP contribution in [0.25, 0.3) is 0 Å². The number of nitrogens with one attached hydrogen (secondary N) is 1. The van der Waals surface area contributed by atoms with Crippen LogP contribution < -0.4 is 10.2 Å². The van der Waals surface area contributed by atoms with Crippen molar-refractivity contribution >= 4 is 29.1 Å². The molecule has 1 N–H and O–H groups in total. The fourth-order valence-electron chi connectivity index (χ4n) is 2.84. The minimum absolute atomic E-state index is 0.0491. The van der Waals surface area contributed by atoms with Gasteiger partial charge in [-0.05, 0) is 48.7 Å². The minimum atomic E-state index is -0.0675. The van der Waals surface area contributed by atoms with Gasteiger partial charge in [-0.15, -0.1) is 0 Å². The fourth-order valence-corrected chi connectivity index (χ4v) is 2.97. The summed E-state index contributed by atoms with van der Waals surface area (Å²) in [6.07, 6.45) is 2.88. The van der Waals surface area contributed by atoms with E-state index < -0.39 is 0 Å². The van der Waals surface area contributed by atoms with Gasteiger partial charge in [0.2, 0.25) is 11.8 Å². The number of rotatable bonds is 7. The Morgan fingerprint density at radius 1 is 1.23 bits per heavy atom. The summed E-state index contributed by atoms with van der Waals surface area (Å²) in [4.78, 5) is 30.7. The summed E-state index contributed by atoms with van der Waals surface area (Å²) >= 11 is 5.96. The van der Waals surface area contributed by atoms with Crippen LogP contribution in [0.1, 0.15) is 25.5 Å². The molecule has 0 saturated heterocycles. The number of amides is 2. The summed E-state index contributed by atoms with van der Waals surface area (Å²) in [5.41, 5.74) is 1.55. The van der Waals surface area contributed by atoms with Gasteiger partial charge in [-0.3, -0.25) is 14.6 Å². The van der Waals surface area contributed by atoms with E-state index in [0.29, 0.717) is 24.0 Å². The van der Waals surface area contributed by atoms with Crippen LogP contribution in [0, 0.1) is 11.8 Å². The molecule has 1 fully saturated rings. The Hall–Kier alpha value is -2.40. The lowest BCUT2D eigenvalue weighted by molar-refractivity contribution is -0.122. The number of aromatic nitrogens is 1. The van der Waals surface area contributed by atoms with Crippen LogP contribution >= 0.6 is 11.6 Å². The second kappa shape index (κ2) is 8.32. The molecule has 26 heavy (non-hydrogen) atoms. The van der Waals surface area contributed by atoms with Crippen LogP contribution in [0.3, 0.4) is 0 Å². The van der Waals surface area contributed by atoms with E-state index in [0.717, 1.165) is 17.8 Å². The van der Waals surface area contributed by atoms with Crippen LogP contribution in [0.15, 0.2) is 48.7 Å². The Labute approximate surface area is 158 Å². The molecule has 0 bridgehead atoms. The summed E-state index contributed by atoms with van der Waals surface area (Å²) in [5.74, 6) is 0.557. The first-order valence-corrected chi connectivity index (χ1v) is 9.16. The van der Waals surface area contributed by atoms with Crippen molar-refractivity contribution in [2.24, 2.45) is 11.8 Å². The first-order chi connectivity index (χ1) is 12.5. The zero-order chi connectivity index (χ0) is 18.5. The van der Waals surface area contributed by atoms with E-state index in [9.17, 15) is 9.59 Å². The summed E-state index contributed by atoms with van der Waals surface area (Å²) in [6, 6.07) is 12.8. The normalized spacial score (nSPS) is 18.2. The molecular weight excluding hydrogens is 350 g/mol. The lowest BCUT2D eigenvalue weighted by Gasteiger charge is -2.23. The predicted octanol–water partition coefficient (Wildman–Crippen LogP) is 3.43. The number of anilines is 1. The van der Waals surface area contributed by atoms with Gasteiger partial charge >= 0.3 is 0 Å². The van der Waals surface area contributed by atoms with Crippen LogP contribution in [-0.2, 0) is 16.1 Å². The van der Waals surface area contributed by atoms with E-state index in [1.807, 2.05) is 30.3 Å². The summed E-state index contributed by atoms with van der Waals surface area (Å²) in [6.45, 7) is 2.77. The molecule has 0 unspecified atom stereocenters. The Morgan fingerprint density at radius 2 is 1.96 bits per heavy atom. The van der Waals surface area contributed by atoms with Gasteiger partial charge in [0.1, 0.15) is 0 Å². The maximum Gasteiger partial charge on any atom is 0.229 e. The molecule has 2 atom stereocenters. The molecule has 1 aromatic carbocycles. The summed E-state index contributed by atoms with van der Waals surface area (Å²) in [5, 5.41) is 3.48. The van der Waals surface area contributed by atoms with Gasteiger partial charge in [-0.25, -0.2) is 0 Å². The highest BCUT2D eigenvalue weighted by atomic mass is 35.5. The van der Waals surface area contributed by atoms with E-state index in [2.05, 4.69) is 17.2 Å². The van der Waals surface area contributed by atoms with Crippen LogP contribution in [0.2, 0.25) is 5.02 Å². The zero-order valence-electron chi connectivity index (χ0n) is 14.7. The highest BCUT2D eigenvalue weighted by molar-refractivity contribution is 6.30.